The normalized spacial score (nSPS) is 14.4. The summed E-state index contributed by atoms with van der Waals surface area (Å²) in [5.74, 6) is 1.12. The number of rotatable bonds is 7. The molecule has 0 aliphatic rings. The van der Waals surface area contributed by atoms with E-state index in [1.807, 2.05) is 6.07 Å². The Labute approximate surface area is 101 Å². The quantitative estimate of drug-likeness (QED) is 0.466. The molecule has 1 aromatic rings. The molecule has 4 nitrogen and oxygen atoms in total. The predicted octanol–water partition coefficient (Wildman–Crippen LogP) is 3.16. The molecule has 90 valence electrons. The summed E-state index contributed by atoms with van der Waals surface area (Å²) in [5, 5.41) is 0. The van der Waals surface area contributed by atoms with Crippen molar-refractivity contribution in [3.63, 3.8) is 0 Å². The van der Waals surface area contributed by atoms with Crippen LogP contribution in [0, 0.1) is 0 Å². The molecule has 0 radical (unpaired) electrons. The van der Waals surface area contributed by atoms with Crippen LogP contribution in [0.3, 0.4) is 0 Å². The summed E-state index contributed by atoms with van der Waals surface area (Å²) >= 11 is 4.03. The zero-order chi connectivity index (χ0) is 11.9. The molecule has 0 bridgehead atoms. The smallest absolute Gasteiger partial charge is 0.404 e. The monoisotopic (exact) mass is 262 g/mol. The van der Waals surface area contributed by atoms with Gasteiger partial charge in [0.1, 0.15) is 5.75 Å². The van der Waals surface area contributed by atoms with Crippen LogP contribution in [-0.4, -0.2) is 19.5 Å². The molecule has 1 aromatic carbocycles. The van der Waals surface area contributed by atoms with Crippen molar-refractivity contribution < 1.29 is 18.1 Å². The van der Waals surface area contributed by atoms with Crippen molar-refractivity contribution in [3.8, 4) is 5.75 Å². The van der Waals surface area contributed by atoms with Crippen LogP contribution >= 0.6 is 20.5 Å². The summed E-state index contributed by atoms with van der Waals surface area (Å²) < 4.78 is 27.0. The highest BCUT2D eigenvalue weighted by atomic mass is 32.1. The molecule has 0 spiro atoms. The number of benzene rings is 1. The van der Waals surface area contributed by atoms with Crippen molar-refractivity contribution >= 4 is 20.5 Å². The summed E-state index contributed by atoms with van der Waals surface area (Å²) in [7, 11) is -2.19. The second-order valence-corrected chi connectivity index (χ2v) is 5.09. The van der Waals surface area contributed by atoms with Gasteiger partial charge in [-0.3, -0.25) is 9.05 Å². The van der Waals surface area contributed by atoms with E-state index in [0.29, 0.717) is 24.5 Å². The fourth-order valence-corrected chi connectivity index (χ4v) is 2.06. The standard InChI is InChI=1S/C10H15O4PS/c1-12-15(11,13-8-5-9-16)14-10-6-3-2-4-7-10/h2-4,6-7,16H,5,8-9H2,1H3. The molecule has 1 rings (SSSR count). The molecule has 0 fully saturated rings. The second kappa shape index (κ2) is 6.97. The minimum atomic E-state index is -3.49. The first kappa shape index (κ1) is 13.6. The molecular weight excluding hydrogens is 247 g/mol. The third-order valence-corrected chi connectivity index (χ3v) is 3.43. The molecule has 16 heavy (non-hydrogen) atoms. The Balaban J connectivity index is 2.56. The third-order valence-electron chi connectivity index (χ3n) is 1.74. The van der Waals surface area contributed by atoms with E-state index < -0.39 is 7.82 Å². The number of para-hydroxylation sites is 1. The fraction of sp³-hybridized carbons (Fsp3) is 0.400. The van der Waals surface area contributed by atoms with Crippen molar-refractivity contribution in [3.05, 3.63) is 30.3 Å². The lowest BCUT2D eigenvalue weighted by atomic mass is 10.3. The van der Waals surface area contributed by atoms with Gasteiger partial charge in [-0.2, -0.15) is 12.6 Å². The first-order valence-electron chi connectivity index (χ1n) is 4.86. The van der Waals surface area contributed by atoms with Gasteiger partial charge in [0.15, 0.2) is 0 Å². The van der Waals surface area contributed by atoms with Crippen LogP contribution in [0.25, 0.3) is 0 Å². The van der Waals surface area contributed by atoms with E-state index in [-0.39, 0.29) is 0 Å². The van der Waals surface area contributed by atoms with Gasteiger partial charge in [-0.15, -0.1) is 0 Å². The van der Waals surface area contributed by atoms with E-state index >= 15 is 0 Å². The molecule has 0 amide bonds. The van der Waals surface area contributed by atoms with Crippen LogP contribution in [0.4, 0.5) is 0 Å². The van der Waals surface area contributed by atoms with Gasteiger partial charge in [0.25, 0.3) is 0 Å². The summed E-state index contributed by atoms with van der Waals surface area (Å²) in [6.07, 6.45) is 0.689. The Morgan fingerprint density at radius 2 is 2.00 bits per heavy atom. The average molecular weight is 262 g/mol. The summed E-state index contributed by atoms with van der Waals surface area (Å²) in [6.45, 7) is 0.293. The van der Waals surface area contributed by atoms with Gasteiger partial charge < -0.3 is 4.52 Å². The van der Waals surface area contributed by atoms with Crippen LogP contribution in [0.2, 0.25) is 0 Å². The topological polar surface area (TPSA) is 44.8 Å². The maximum absolute atomic E-state index is 11.9. The van der Waals surface area contributed by atoms with E-state index in [9.17, 15) is 4.57 Å². The van der Waals surface area contributed by atoms with Crippen LogP contribution in [0.15, 0.2) is 30.3 Å². The molecule has 0 heterocycles. The van der Waals surface area contributed by atoms with Crippen molar-refractivity contribution in [2.75, 3.05) is 19.5 Å². The van der Waals surface area contributed by atoms with E-state index in [2.05, 4.69) is 12.6 Å². The lowest BCUT2D eigenvalue weighted by Gasteiger charge is -2.16. The van der Waals surface area contributed by atoms with Crippen molar-refractivity contribution in [2.45, 2.75) is 6.42 Å². The molecule has 0 aromatic heterocycles. The van der Waals surface area contributed by atoms with E-state index in [4.69, 9.17) is 13.6 Å². The van der Waals surface area contributed by atoms with Gasteiger partial charge in [0.05, 0.1) is 6.61 Å². The minimum absolute atomic E-state index is 0.293. The Kier molecular flexibility index (Phi) is 5.91. The number of hydrogen-bond donors (Lipinski definition) is 1. The Morgan fingerprint density at radius 1 is 1.31 bits per heavy atom. The molecule has 0 N–H and O–H groups in total. The Bertz CT molecular complexity index is 344. The summed E-state index contributed by atoms with van der Waals surface area (Å²) in [5.41, 5.74) is 0. The first-order valence-corrected chi connectivity index (χ1v) is 6.95. The van der Waals surface area contributed by atoms with Crippen LogP contribution in [-0.2, 0) is 13.6 Å². The fourth-order valence-electron chi connectivity index (χ4n) is 0.968. The predicted molar refractivity (Wildman–Crippen MR) is 66.1 cm³/mol. The zero-order valence-electron chi connectivity index (χ0n) is 9.04. The largest absolute Gasteiger partial charge is 0.529 e. The van der Waals surface area contributed by atoms with Gasteiger partial charge in [-0.05, 0) is 24.3 Å². The maximum atomic E-state index is 11.9. The number of phosphoric ester groups is 1. The SMILES string of the molecule is COP(=O)(OCCCS)Oc1ccccc1. The molecule has 0 saturated heterocycles. The molecule has 0 aliphatic carbocycles. The lowest BCUT2D eigenvalue weighted by molar-refractivity contribution is 0.180. The minimum Gasteiger partial charge on any atom is -0.404 e. The number of thiol groups is 1. The Morgan fingerprint density at radius 3 is 2.56 bits per heavy atom. The molecule has 6 heteroatoms. The van der Waals surface area contributed by atoms with Gasteiger partial charge in [0.2, 0.25) is 0 Å². The third kappa shape index (κ3) is 4.58. The zero-order valence-corrected chi connectivity index (χ0v) is 10.8. The van der Waals surface area contributed by atoms with E-state index in [0.717, 1.165) is 0 Å². The van der Waals surface area contributed by atoms with Crippen molar-refractivity contribution in [1.82, 2.24) is 0 Å². The van der Waals surface area contributed by atoms with Gasteiger partial charge in [-0.25, -0.2) is 4.57 Å². The lowest BCUT2D eigenvalue weighted by Crippen LogP contribution is -2.02. The van der Waals surface area contributed by atoms with Crippen molar-refractivity contribution in [1.29, 1.82) is 0 Å². The summed E-state index contributed by atoms with van der Waals surface area (Å²) in [6, 6.07) is 8.78. The molecule has 1 unspecified atom stereocenters. The van der Waals surface area contributed by atoms with E-state index in [1.165, 1.54) is 7.11 Å². The average Bonchev–Trinajstić information content (AvgIpc) is 2.31. The van der Waals surface area contributed by atoms with Crippen LogP contribution in [0.1, 0.15) is 6.42 Å². The van der Waals surface area contributed by atoms with Gasteiger partial charge >= 0.3 is 7.82 Å². The van der Waals surface area contributed by atoms with Crippen LogP contribution < -0.4 is 4.52 Å². The van der Waals surface area contributed by atoms with E-state index in [1.54, 1.807) is 24.3 Å². The van der Waals surface area contributed by atoms with Crippen LogP contribution in [0.5, 0.6) is 5.75 Å². The molecular formula is C10H15O4PS. The van der Waals surface area contributed by atoms with Crippen molar-refractivity contribution in [2.24, 2.45) is 0 Å². The highest BCUT2D eigenvalue weighted by molar-refractivity contribution is 7.80. The summed E-state index contributed by atoms with van der Waals surface area (Å²) in [4.78, 5) is 0. The molecule has 0 aliphatic heterocycles. The highest BCUT2D eigenvalue weighted by Gasteiger charge is 2.26. The first-order chi connectivity index (χ1) is 7.70. The molecule has 1 atom stereocenters. The second-order valence-electron chi connectivity index (χ2n) is 2.94. The number of phosphoric acid groups is 1. The molecule has 0 saturated carbocycles. The van der Waals surface area contributed by atoms with Gasteiger partial charge in [-0.1, -0.05) is 18.2 Å². The number of hydrogen-bond acceptors (Lipinski definition) is 5. The maximum Gasteiger partial charge on any atom is 0.529 e. The van der Waals surface area contributed by atoms with Gasteiger partial charge in [0, 0.05) is 7.11 Å². The highest BCUT2D eigenvalue weighted by Crippen LogP contribution is 2.48. The Hall–Kier alpha value is -0.480.